The maximum Gasteiger partial charge on any atom is 0.164 e. The molecule has 2 heterocycles. The van der Waals surface area contributed by atoms with E-state index in [-0.39, 0.29) is 5.78 Å². The third kappa shape index (κ3) is 3.57. The van der Waals surface area contributed by atoms with Crippen molar-refractivity contribution in [1.82, 2.24) is 14.9 Å². The van der Waals surface area contributed by atoms with E-state index in [1.807, 2.05) is 43.5 Å². The Bertz CT molecular complexity index is 625. The normalized spacial score (nSPS) is 18.5. The molecule has 114 valence electrons. The summed E-state index contributed by atoms with van der Waals surface area (Å²) in [7, 11) is 0. The minimum absolute atomic E-state index is 0.229. The molecule has 0 amide bonds. The first-order valence-corrected chi connectivity index (χ1v) is 7.82. The molecule has 1 atom stereocenters. The van der Waals surface area contributed by atoms with Crippen molar-refractivity contribution in [3.63, 3.8) is 0 Å². The first-order valence-electron chi connectivity index (χ1n) is 7.82. The predicted molar refractivity (Wildman–Crippen MR) is 85.6 cm³/mol. The minimum Gasteiger partial charge on any atom is -0.294 e. The monoisotopic (exact) mass is 295 g/mol. The molecule has 1 unspecified atom stereocenters. The summed E-state index contributed by atoms with van der Waals surface area (Å²) >= 11 is 0. The number of rotatable bonds is 5. The van der Waals surface area contributed by atoms with Gasteiger partial charge >= 0.3 is 0 Å². The molecular formula is C18H21N3O. The average Bonchev–Trinajstić information content (AvgIpc) is 2.97. The van der Waals surface area contributed by atoms with E-state index in [9.17, 15) is 4.79 Å². The SMILES string of the molecule is Cc1cnc(CN2CCCC2CC(=O)c2ccccc2)cn1. The lowest BCUT2D eigenvalue weighted by Gasteiger charge is -2.23. The Balaban J connectivity index is 1.63. The van der Waals surface area contributed by atoms with Gasteiger partial charge in [0.05, 0.1) is 11.4 Å². The molecule has 1 fully saturated rings. The molecular weight excluding hydrogens is 274 g/mol. The highest BCUT2D eigenvalue weighted by molar-refractivity contribution is 5.96. The molecule has 0 radical (unpaired) electrons. The Morgan fingerprint density at radius 2 is 2.05 bits per heavy atom. The summed E-state index contributed by atoms with van der Waals surface area (Å²) in [6.07, 6.45) is 6.45. The third-order valence-electron chi connectivity index (χ3n) is 4.22. The Hall–Kier alpha value is -2.07. The van der Waals surface area contributed by atoms with Crippen molar-refractivity contribution in [2.24, 2.45) is 0 Å². The van der Waals surface area contributed by atoms with Crippen LogP contribution in [0, 0.1) is 6.92 Å². The van der Waals surface area contributed by atoms with Crippen LogP contribution >= 0.6 is 0 Å². The standard InChI is InChI=1S/C18H21N3O/c1-14-11-20-16(12-19-14)13-21-9-5-8-17(21)10-18(22)15-6-3-2-4-7-15/h2-4,6-7,11-12,17H,5,8-10,13H2,1H3. The van der Waals surface area contributed by atoms with Gasteiger partial charge in [-0.15, -0.1) is 0 Å². The number of nitrogens with zero attached hydrogens (tertiary/aromatic N) is 3. The molecule has 4 nitrogen and oxygen atoms in total. The molecule has 1 aromatic heterocycles. The van der Waals surface area contributed by atoms with E-state index in [1.54, 1.807) is 6.20 Å². The van der Waals surface area contributed by atoms with Crippen LogP contribution in [0.5, 0.6) is 0 Å². The van der Waals surface area contributed by atoms with Gasteiger partial charge in [0.25, 0.3) is 0 Å². The number of aryl methyl sites for hydroxylation is 1. The number of benzene rings is 1. The van der Waals surface area contributed by atoms with Crippen LogP contribution in [-0.4, -0.2) is 33.2 Å². The van der Waals surface area contributed by atoms with Gasteiger partial charge in [-0.3, -0.25) is 19.7 Å². The van der Waals surface area contributed by atoms with E-state index in [0.717, 1.165) is 42.9 Å². The maximum atomic E-state index is 12.4. The summed E-state index contributed by atoms with van der Waals surface area (Å²) in [5.41, 5.74) is 2.72. The van der Waals surface area contributed by atoms with Crippen LogP contribution in [0.3, 0.4) is 0 Å². The van der Waals surface area contributed by atoms with Crippen LogP contribution in [0.1, 0.15) is 41.0 Å². The highest BCUT2D eigenvalue weighted by atomic mass is 16.1. The summed E-state index contributed by atoms with van der Waals surface area (Å²) in [6, 6.07) is 9.88. The first-order chi connectivity index (χ1) is 10.7. The number of hydrogen-bond donors (Lipinski definition) is 0. The Morgan fingerprint density at radius 3 is 2.77 bits per heavy atom. The van der Waals surface area contributed by atoms with Gasteiger partial charge in [0.1, 0.15) is 0 Å². The molecule has 0 spiro atoms. The lowest BCUT2D eigenvalue weighted by Crippen LogP contribution is -2.31. The molecule has 0 bridgehead atoms. The van der Waals surface area contributed by atoms with Gasteiger partial charge in [0.15, 0.2) is 5.78 Å². The fourth-order valence-electron chi connectivity index (χ4n) is 3.00. The number of aromatic nitrogens is 2. The molecule has 3 rings (SSSR count). The number of ketones is 1. The zero-order valence-corrected chi connectivity index (χ0v) is 12.9. The van der Waals surface area contributed by atoms with Crippen LogP contribution in [0.4, 0.5) is 0 Å². The van der Waals surface area contributed by atoms with Gasteiger partial charge in [-0.1, -0.05) is 30.3 Å². The maximum absolute atomic E-state index is 12.4. The first kappa shape index (κ1) is 14.9. The molecule has 1 aromatic carbocycles. The van der Waals surface area contributed by atoms with Crippen molar-refractivity contribution in [3.8, 4) is 0 Å². The summed E-state index contributed by atoms with van der Waals surface area (Å²) in [4.78, 5) is 23.5. The number of Topliss-reactive ketones (excluding diaryl/α,β-unsaturated/α-hetero) is 1. The zero-order valence-electron chi connectivity index (χ0n) is 12.9. The molecule has 0 saturated carbocycles. The highest BCUT2D eigenvalue weighted by Gasteiger charge is 2.27. The zero-order chi connectivity index (χ0) is 15.4. The molecule has 1 aliphatic heterocycles. The number of likely N-dealkylation sites (tertiary alicyclic amines) is 1. The Morgan fingerprint density at radius 1 is 1.23 bits per heavy atom. The van der Waals surface area contributed by atoms with E-state index in [1.165, 1.54) is 0 Å². The van der Waals surface area contributed by atoms with E-state index < -0.39 is 0 Å². The summed E-state index contributed by atoms with van der Waals surface area (Å²) in [6.45, 7) is 3.75. The average molecular weight is 295 g/mol. The quantitative estimate of drug-likeness (QED) is 0.795. The summed E-state index contributed by atoms with van der Waals surface area (Å²) < 4.78 is 0. The smallest absolute Gasteiger partial charge is 0.164 e. The third-order valence-corrected chi connectivity index (χ3v) is 4.22. The Kier molecular flexibility index (Phi) is 4.59. The van der Waals surface area contributed by atoms with Crippen LogP contribution in [-0.2, 0) is 6.54 Å². The van der Waals surface area contributed by atoms with Crippen molar-refractivity contribution in [3.05, 3.63) is 59.7 Å². The molecule has 4 heteroatoms. The van der Waals surface area contributed by atoms with Gasteiger partial charge in [-0.25, -0.2) is 0 Å². The van der Waals surface area contributed by atoms with Gasteiger partial charge in [-0.2, -0.15) is 0 Å². The lowest BCUT2D eigenvalue weighted by molar-refractivity contribution is 0.0938. The van der Waals surface area contributed by atoms with Gasteiger partial charge in [-0.05, 0) is 26.3 Å². The van der Waals surface area contributed by atoms with Gasteiger partial charge in [0, 0.05) is 37.0 Å². The Labute approximate surface area is 131 Å². The van der Waals surface area contributed by atoms with Crippen LogP contribution in [0.25, 0.3) is 0 Å². The highest BCUT2D eigenvalue weighted by Crippen LogP contribution is 2.23. The fourth-order valence-corrected chi connectivity index (χ4v) is 3.00. The topological polar surface area (TPSA) is 46.1 Å². The summed E-state index contributed by atoms with van der Waals surface area (Å²) in [5, 5.41) is 0. The second kappa shape index (κ2) is 6.79. The lowest BCUT2D eigenvalue weighted by atomic mass is 10.0. The molecule has 22 heavy (non-hydrogen) atoms. The number of hydrogen-bond acceptors (Lipinski definition) is 4. The van der Waals surface area contributed by atoms with E-state index in [4.69, 9.17) is 0 Å². The largest absolute Gasteiger partial charge is 0.294 e. The molecule has 1 aliphatic rings. The van der Waals surface area contributed by atoms with Crippen LogP contribution < -0.4 is 0 Å². The van der Waals surface area contributed by atoms with Crippen LogP contribution in [0.15, 0.2) is 42.7 Å². The molecule has 0 aliphatic carbocycles. The van der Waals surface area contributed by atoms with Gasteiger partial charge in [0.2, 0.25) is 0 Å². The predicted octanol–water partition coefficient (Wildman–Crippen LogP) is 3.02. The molecule has 2 aromatic rings. The van der Waals surface area contributed by atoms with E-state index in [2.05, 4.69) is 14.9 Å². The van der Waals surface area contributed by atoms with E-state index >= 15 is 0 Å². The summed E-state index contributed by atoms with van der Waals surface area (Å²) in [5.74, 6) is 0.229. The van der Waals surface area contributed by atoms with Crippen LogP contribution in [0.2, 0.25) is 0 Å². The molecule has 0 N–H and O–H groups in total. The van der Waals surface area contributed by atoms with Crippen molar-refractivity contribution in [1.29, 1.82) is 0 Å². The molecule has 1 saturated heterocycles. The van der Waals surface area contributed by atoms with E-state index in [0.29, 0.717) is 12.5 Å². The number of carbonyl (C=O) groups is 1. The van der Waals surface area contributed by atoms with Gasteiger partial charge < -0.3 is 0 Å². The van der Waals surface area contributed by atoms with Crippen molar-refractivity contribution in [2.75, 3.05) is 6.54 Å². The van der Waals surface area contributed by atoms with Crippen molar-refractivity contribution >= 4 is 5.78 Å². The van der Waals surface area contributed by atoms with Crippen molar-refractivity contribution in [2.45, 2.75) is 38.8 Å². The second-order valence-electron chi connectivity index (χ2n) is 5.91. The fraction of sp³-hybridized carbons (Fsp3) is 0.389. The second-order valence-corrected chi connectivity index (χ2v) is 5.91. The number of carbonyl (C=O) groups excluding carboxylic acids is 1. The minimum atomic E-state index is 0.229. The van der Waals surface area contributed by atoms with Crippen molar-refractivity contribution < 1.29 is 4.79 Å².